The van der Waals surface area contributed by atoms with Gasteiger partial charge in [-0.25, -0.2) is 15.0 Å². The molecule has 0 saturated carbocycles. The molecular formula is C21H20N6O. The summed E-state index contributed by atoms with van der Waals surface area (Å²) in [5.41, 5.74) is 1.55. The van der Waals surface area contributed by atoms with Gasteiger partial charge in [-0.1, -0.05) is 12.1 Å². The summed E-state index contributed by atoms with van der Waals surface area (Å²) in [4.78, 5) is 33.4. The third-order valence-corrected chi connectivity index (χ3v) is 5.43. The molecule has 0 bridgehead atoms. The monoisotopic (exact) mass is 372 g/mol. The lowest BCUT2D eigenvalue weighted by Crippen LogP contribution is -2.31. The van der Waals surface area contributed by atoms with Crippen LogP contribution in [0.2, 0.25) is 0 Å². The lowest BCUT2D eigenvalue weighted by Gasteiger charge is -2.27. The van der Waals surface area contributed by atoms with Gasteiger partial charge in [0.15, 0.2) is 0 Å². The average molecular weight is 372 g/mol. The van der Waals surface area contributed by atoms with Crippen molar-refractivity contribution < 1.29 is 0 Å². The summed E-state index contributed by atoms with van der Waals surface area (Å²) < 4.78 is 1.68. The summed E-state index contributed by atoms with van der Waals surface area (Å²) in [6, 6.07) is 9.46. The van der Waals surface area contributed by atoms with Crippen LogP contribution in [0.5, 0.6) is 0 Å². The standard InChI is InChI=1S/C21H20N6O/c1-13-23-17-12-22-10-9-14(17)19(24-13)27-11-5-8-18(27)20-25-16-7-4-3-6-15(16)21(28)26(20)2/h3-4,6-7,9-10,12,18H,5,8,11H2,1-2H3. The van der Waals surface area contributed by atoms with Crippen molar-refractivity contribution in [3.63, 3.8) is 0 Å². The molecule has 1 aliphatic rings. The molecule has 1 unspecified atom stereocenters. The van der Waals surface area contributed by atoms with Crippen LogP contribution in [0.15, 0.2) is 47.5 Å². The minimum atomic E-state index is -0.0135. The number of aryl methyl sites for hydroxylation is 1. The summed E-state index contributed by atoms with van der Waals surface area (Å²) >= 11 is 0. The molecule has 5 rings (SSSR count). The third kappa shape index (κ3) is 2.54. The Balaban J connectivity index is 1.70. The molecule has 0 radical (unpaired) electrons. The van der Waals surface area contributed by atoms with E-state index in [2.05, 4.69) is 14.9 Å². The Morgan fingerprint density at radius 2 is 1.89 bits per heavy atom. The first-order valence-corrected chi connectivity index (χ1v) is 9.44. The van der Waals surface area contributed by atoms with Crippen molar-refractivity contribution in [2.75, 3.05) is 11.4 Å². The van der Waals surface area contributed by atoms with Crippen LogP contribution in [0.3, 0.4) is 0 Å². The van der Waals surface area contributed by atoms with Crippen molar-refractivity contribution >= 4 is 27.6 Å². The fourth-order valence-corrected chi connectivity index (χ4v) is 4.12. The number of fused-ring (bicyclic) bond motifs is 2. The number of pyridine rings is 1. The normalized spacial score (nSPS) is 16.9. The van der Waals surface area contributed by atoms with Gasteiger partial charge in [-0.05, 0) is 38.0 Å². The largest absolute Gasteiger partial charge is 0.346 e. The zero-order valence-electron chi connectivity index (χ0n) is 15.8. The number of hydrogen-bond donors (Lipinski definition) is 0. The van der Waals surface area contributed by atoms with Crippen molar-refractivity contribution in [1.82, 2.24) is 24.5 Å². The summed E-state index contributed by atoms with van der Waals surface area (Å²) in [7, 11) is 1.81. The molecule has 1 atom stereocenters. The van der Waals surface area contributed by atoms with Gasteiger partial charge in [0.1, 0.15) is 17.5 Å². The van der Waals surface area contributed by atoms with Crippen molar-refractivity contribution in [2.24, 2.45) is 7.05 Å². The SMILES string of the molecule is Cc1nc(N2CCCC2c2nc3ccccc3c(=O)n2C)c2ccncc2n1. The fraction of sp³-hybridized carbons (Fsp3) is 0.286. The van der Waals surface area contributed by atoms with E-state index in [-0.39, 0.29) is 11.6 Å². The highest BCUT2D eigenvalue weighted by Gasteiger charge is 2.32. The molecule has 1 aromatic carbocycles. The third-order valence-electron chi connectivity index (χ3n) is 5.43. The van der Waals surface area contributed by atoms with Crippen LogP contribution in [0.1, 0.15) is 30.5 Å². The van der Waals surface area contributed by atoms with E-state index in [1.54, 1.807) is 24.0 Å². The maximum absolute atomic E-state index is 12.9. The average Bonchev–Trinajstić information content (AvgIpc) is 3.19. The molecule has 4 aromatic rings. The second kappa shape index (κ2) is 6.37. The van der Waals surface area contributed by atoms with E-state index in [0.29, 0.717) is 11.2 Å². The van der Waals surface area contributed by atoms with E-state index >= 15 is 0 Å². The molecule has 0 aliphatic carbocycles. The Hall–Kier alpha value is -3.35. The first kappa shape index (κ1) is 16.8. The first-order valence-electron chi connectivity index (χ1n) is 9.44. The zero-order chi connectivity index (χ0) is 19.3. The van der Waals surface area contributed by atoms with E-state index < -0.39 is 0 Å². The van der Waals surface area contributed by atoms with Gasteiger partial charge < -0.3 is 4.90 Å². The molecule has 1 aliphatic heterocycles. The maximum atomic E-state index is 12.9. The van der Waals surface area contributed by atoms with Crippen molar-refractivity contribution in [3.05, 3.63) is 64.7 Å². The van der Waals surface area contributed by atoms with Crippen LogP contribution in [-0.4, -0.2) is 31.0 Å². The Morgan fingerprint density at radius 3 is 2.79 bits per heavy atom. The highest BCUT2D eigenvalue weighted by molar-refractivity contribution is 5.89. The maximum Gasteiger partial charge on any atom is 0.261 e. The quantitative estimate of drug-likeness (QED) is 0.538. The molecule has 7 nitrogen and oxygen atoms in total. The summed E-state index contributed by atoms with van der Waals surface area (Å²) in [6.07, 6.45) is 5.47. The molecule has 1 fully saturated rings. The van der Waals surface area contributed by atoms with E-state index in [1.165, 1.54) is 0 Å². The summed E-state index contributed by atoms with van der Waals surface area (Å²) in [6.45, 7) is 2.76. The fourth-order valence-electron chi connectivity index (χ4n) is 4.12. The topological polar surface area (TPSA) is 76.8 Å². The predicted octanol–water partition coefficient (Wildman–Crippen LogP) is 2.92. The van der Waals surface area contributed by atoms with E-state index in [1.807, 2.05) is 37.3 Å². The van der Waals surface area contributed by atoms with E-state index in [9.17, 15) is 4.79 Å². The molecule has 1 saturated heterocycles. The highest BCUT2D eigenvalue weighted by Crippen LogP contribution is 2.37. The highest BCUT2D eigenvalue weighted by atomic mass is 16.1. The van der Waals surface area contributed by atoms with Crippen LogP contribution in [0.4, 0.5) is 5.82 Å². The van der Waals surface area contributed by atoms with Crippen LogP contribution >= 0.6 is 0 Å². The van der Waals surface area contributed by atoms with Gasteiger partial charge in [0.25, 0.3) is 5.56 Å². The minimum absolute atomic E-state index is 0.00651. The van der Waals surface area contributed by atoms with Gasteiger partial charge in [0.05, 0.1) is 28.7 Å². The van der Waals surface area contributed by atoms with Gasteiger partial charge >= 0.3 is 0 Å². The number of hydrogen-bond acceptors (Lipinski definition) is 6. The van der Waals surface area contributed by atoms with Crippen LogP contribution < -0.4 is 10.5 Å². The van der Waals surface area contributed by atoms with Crippen molar-refractivity contribution in [3.8, 4) is 0 Å². The number of benzene rings is 1. The lowest BCUT2D eigenvalue weighted by molar-refractivity contribution is 0.608. The predicted molar refractivity (Wildman–Crippen MR) is 108 cm³/mol. The van der Waals surface area contributed by atoms with Crippen LogP contribution in [0, 0.1) is 6.92 Å². The number of rotatable bonds is 2. The number of aromatic nitrogens is 5. The van der Waals surface area contributed by atoms with E-state index in [4.69, 9.17) is 9.97 Å². The molecule has 0 N–H and O–H groups in total. The molecule has 0 amide bonds. The van der Waals surface area contributed by atoms with Crippen LogP contribution in [-0.2, 0) is 7.05 Å². The summed E-state index contributed by atoms with van der Waals surface area (Å²) in [5.74, 6) is 2.37. The van der Waals surface area contributed by atoms with Crippen molar-refractivity contribution in [2.45, 2.75) is 25.8 Å². The van der Waals surface area contributed by atoms with Gasteiger partial charge in [-0.15, -0.1) is 0 Å². The Morgan fingerprint density at radius 1 is 1.04 bits per heavy atom. The van der Waals surface area contributed by atoms with Gasteiger partial charge in [-0.2, -0.15) is 0 Å². The van der Waals surface area contributed by atoms with Gasteiger partial charge in [-0.3, -0.25) is 14.3 Å². The molecule has 3 aromatic heterocycles. The number of nitrogens with zero attached hydrogens (tertiary/aromatic N) is 6. The van der Waals surface area contributed by atoms with Gasteiger partial charge in [0.2, 0.25) is 0 Å². The molecule has 4 heterocycles. The lowest BCUT2D eigenvalue weighted by atomic mass is 10.1. The summed E-state index contributed by atoms with van der Waals surface area (Å²) in [5, 5.41) is 1.62. The molecule has 140 valence electrons. The first-order chi connectivity index (χ1) is 13.6. The number of para-hydroxylation sites is 1. The number of anilines is 1. The van der Waals surface area contributed by atoms with Gasteiger partial charge in [0, 0.05) is 25.2 Å². The minimum Gasteiger partial charge on any atom is -0.346 e. The van der Waals surface area contributed by atoms with Crippen molar-refractivity contribution in [1.29, 1.82) is 0 Å². The second-order valence-corrected chi connectivity index (χ2v) is 7.19. The Bertz CT molecular complexity index is 1260. The molecule has 28 heavy (non-hydrogen) atoms. The molecular weight excluding hydrogens is 352 g/mol. The Kier molecular flexibility index (Phi) is 3.82. The molecule has 0 spiro atoms. The zero-order valence-corrected chi connectivity index (χ0v) is 15.8. The molecule has 7 heteroatoms. The van der Waals surface area contributed by atoms with E-state index in [0.717, 1.165) is 47.4 Å². The second-order valence-electron chi connectivity index (χ2n) is 7.19. The van der Waals surface area contributed by atoms with Crippen LogP contribution in [0.25, 0.3) is 21.8 Å². The smallest absolute Gasteiger partial charge is 0.261 e. The Labute approximate surface area is 161 Å².